The van der Waals surface area contributed by atoms with Crippen LogP contribution in [0.3, 0.4) is 0 Å². The van der Waals surface area contributed by atoms with E-state index in [0.29, 0.717) is 12.5 Å². The lowest BCUT2D eigenvalue weighted by Crippen LogP contribution is -2.55. The lowest BCUT2D eigenvalue weighted by Gasteiger charge is -2.43. The van der Waals surface area contributed by atoms with Crippen LogP contribution in [0.1, 0.15) is 51.9 Å². The van der Waals surface area contributed by atoms with Gasteiger partial charge in [-0.3, -0.25) is 4.79 Å². The van der Waals surface area contributed by atoms with Crippen molar-refractivity contribution in [3.05, 3.63) is 0 Å². The van der Waals surface area contributed by atoms with Gasteiger partial charge in [-0.1, -0.05) is 13.3 Å². The predicted octanol–water partition coefficient (Wildman–Crippen LogP) is 1.81. The molecule has 2 aliphatic rings. The Hall–Kier alpha value is -0.570. The maximum absolute atomic E-state index is 12.2. The lowest BCUT2D eigenvalue weighted by atomic mass is 9.74. The molecule has 2 aliphatic carbocycles. The third-order valence-electron chi connectivity index (χ3n) is 4.67. The summed E-state index contributed by atoms with van der Waals surface area (Å²) in [6, 6.07) is 0. The smallest absolute Gasteiger partial charge is 0.223 e. The molecule has 0 aliphatic heterocycles. The lowest BCUT2D eigenvalue weighted by molar-refractivity contribution is -0.129. The Labute approximate surface area is 98.2 Å². The second-order valence-corrected chi connectivity index (χ2v) is 5.51. The van der Waals surface area contributed by atoms with Crippen molar-refractivity contribution in [1.82, 2.24) is 5.32 Å². The predicted molar refractivity (Wildman–Crippen MR) is 64.9 cm³/mol. The molecule has 92 valence electrons. The average molecular weight is 224 g/mol. The third kappa shape index (κ3) is 2.10. The van der Waals surface area contributed by atoms with Gasteiger partial charge >= 0.3 is 0 Å². The van der Waals surface area contributed by atoms with Crippen LogP contribution in [0.4, 0.5) is 0 Å². The van der Waals surface area contributed by atoms with Gasteiger partial charge < -0.3 is 11.1 Å². The number of amides is 1. The van der Waals surface area contributed by atoms with E-state index in [1.165, 1.54) is 12.8 Å². The fraction of sp³-hybridized carbons (Fsp3) is 0.923. The summed E-state index contributed by atoms with van der Waals surface area (Å²) in [6.45, 7) is 2.84. The Kier molecular flexibility index (Phi) is 3.53. The molecule has 0 aromatic heterocycles. The van der Waals surface area contributed by atoms with Crippen LogP contribution in [0.15, 0.2) is 0 Å². The van der Waals surface area contributed by atoms with Crippen molar-refractivity contribution in [2.45, 2.75) is 57.4 Å². The number of carbonyl (C=O) groups is 1. The van der Waals surface area contributed by atoms with Crippen LogP contribution in [0.5, 0.6) is 0 Å². The molecule has 0 aromatic rings. The fourth-order valence-corrected chi connectivity index (χ4v) is 3.19. The van der Waals surface area contributed by atoms with E-state index >= 15 is 0 Å². The molecule has 3 N–H and O–H groups in total. The van der Waals surface area contributed by atoms with Crippen molar-refractivity contribution in [2.75, 3.05) is 6.54 Å². The van der Waals surface area contributed by atoms with Gasteiger partial charge in [-0.25, -0.2) is 0 Å². The standard InChI is InChI=1S/C13H24N2O/c1-2-13(7-4-8-13)15-12(16)11-6-3-5-10(11)9-14/h10-11H,2-9,14H2,1H3,(H,15,16). The Morgan fingerprint density at radius 3 is 2.62 bits per heavy atom. The van der Waals surface area contributed by atoms with Crippen LogP contribution in [0.2, 0.25) is 0 Å². The zero-order valence-electron chi connectivity index (χ0n) is 10.3. The van der Waals surface area contributed by atoms with Crippen LogP contribution in [-0.2, 0) is 4.79 Å². The summed E-state index contributed by atoms with van der Waals surface area (Å²) in [5.74, 6) is 0.887. The molecular weight excluding hydrogens is 200 g/mol. The van der Waals surface area contributed by atoms with Gasteiger partial charge in [0.05, 0.1) is 0 Å². The van der Waals surface area contributed by atoms with Crippen LogP contribution in [0.25, 0.3) is 0 Å². The van der Waals surface area contributed by atoms with Crippen LogP contribution in [0, 0.1) is 11.8 Å². The van der Waals surface area contributed by atoms with Gasteiger partial charge in [-0.15, -0.1) is 0 Å². The topological polar surface area (TPSA) is 55.1 Å². The first-order chi connectivity index (χ1) is 7.71. The minimum absolute atomic E-state index is 0.138. The van der Waals surface area contributed by atoms with Gasteiger partial charge in [0.25, 0.3) is 0 Å². The SMILES string of the molecule is CCC1(NC(=O)C2CCCC2CN)CCC1. The first-order valence-corrected chi connectivity index (χ1v) is 6.73. The van der Waals surface area contributed by atoms with Crippen molar-refractivity contribution < 1.29 is 4.79 Å². The second kappa shape index (κ2) is 4.74. The molecule has 2 unspecified atom stereocenters. The summed E-state index contributed by atoms with van der Waals surface area (Å²) >= 11 is 0. The first kappa shape index (κ1) is 11.9. The Morgan fingerprint density at radius 2 is 2.12 bits per heavy atom. The van der Waals surface area contributed by atoms with Crippen molar-refractivity contribution in [2.24, 2.45) is 17.6 Å². The van der Waals surface area contributed by atoms with Crippen LogP contribution >= 0.6 is 0 Å². The summed E-state index contributed by atoms with van der Waals surface area (Å²) in [7, 11) is 0. The summed E-state index contributed by atoms with van der Waals surface area (Å²) < 4.78 is 0. The number of carbonyl (C=O) groups excluding carboxylic acids is 1. The second-order valence-electron chi connectivity index (χ2n) is 5.51. The van der Waals surface area contributed by atoms with Gasteiger partial charge in [0.1, 0.15) is 0 Å². The van der Waals surface area contributed by atoms with E-state index < -0.39 is 0 Å². The highest BCUT2D eigenvalue weighted by molar-refractivity contribution is 5.80. The normalized spacial score (nSPS) is 32.1. The number of hydrogen-bond acceptors (Lipinski definition) is 2. The molecule has 0 bridgehead atoms. The van der Waals surface area contributed by atoms with Crippen LogP contribution < -0.4 is 11.1 Å². The third-order valence-corrected chi connectivity index (χ3v) is 4.67. The molecule has 0 heterocycles. The van der Waals surface area contributed by atoms with E-state index in [0.717, 1.165) is 32.1 Å². The molecule has 0 spiro atoms. The van der Waals surface area contributed by atoms with Gasteiger partial charge in [0.15, 0.2) is 0 Å². The van der Waals surface area contributed by atoms with Crippen molar-refractivity contribution in [3.63, 3.8) is 0 Å². The van der Waals surface area contributed by atoms with Gasteiger partial charge in [-0.2, -0.15) is 0 Å². The molecule has 2 saturated carbocycles. The Morgan fingerprint density at radius 1 is 1.38 bits per heavy atom. The van der Waals surface area contributed by atoms with Gasteiger partial charge in [0.2, 0.25) is 5.91 Å². The maximum atomic E-state index is 12.2. The van der Waals surface area contributed by atoms with Gasteiger partial charge in [0, 0.05) is 11.5 Å². The number of nitrogens with one attached hydrogen (secondary N) is 1. The quantitative estimate of drug-likeness (QED) is 0.765. The monoisotopic (exact) mass is 224 g/mol. The molecule has 0 saturated heterocycles. The molecule has 3 nitrogen and oxygen atoms in total. The van der Waals surface area contributed by atoms with Crippen molar-refractivity contribution >= 4 is 5.91 Å². The molecule has 3 heteroatoms. The minimum atomic E-state index is 0.138. The van der Waals surface area contributed by atoms with Crippen molar-refractivity contribution in [3.8, 4) is 0 Å². The summed E-state index contributed by atoms with van der Waals surface area (Å²) in [5.41, 5.74) is 5.86. The molecule has 0 radical (unpaired) electrons. The zero-order chi connectivity index (χ0) is 11.6. The highest BCUT2D eigenvalue weighted by atomic mass is 16.2. The molecule has 2 fully saturated rings. The number of nitrogens with two attached hydrogens (primary N) is 1. The fourth-order valence-electron chi connectivity index (χ4n) is 3.19. The number of hydrogen-bond donors (Lipinski definition) is 2. The Bertz CT molecular complexity index is 255. The zero-order valence-corrected chi connectivity index (χ0v) is 10.3. The summed E-state index contributed by atoms with van der Waals surface area (Å²) in [6.07, 6.45) is 7.99. The van der Waals surface area contributed by atoms with E-state index in [1.54, 1.807) is 0 Å². The van der Waals surface area contributed by atoms with Crippen LogP contribution in [-0.4, -0.2) is 18.0 Å². The molecule has 16 heavy (non-hydrogen) atoms. The van der Waals surface area contributed by atoms with Crippen molar-refractivity contribution in [1.29, 1.82) is 0 Å². The van der Waals surface area contributed by atoms with E-state index in [4.69, 9.17) is 5.73 Å². The highest BCUT2D eigenvalue weighted by Gasteiger charge is 2.40. The van der Waals surface area contributed by atoms with E-state index in [1.807, 2.05) is 0 Å². The summed E-state index contributed by atoms with van der Waals surface area (Å²) in [4.78, 5) is 12.2. The molecular formula is C13H24N2O. The van der Waals surface area contributed by atoms with Gasteiger partial charge in [-0.05, 0) is 51.0 Å². The molecule has 1 amide bonds. The summed E-state index contributed by atoms with van der Waals surface area (Å²) in [5, 5.41) is 3.29. The highest BCUT2D eigenvalue weighted by Crippen LogP contribution is 2.37. The largest absolute Gasteiger partial charge is 0.350 e. The number of rotatable bonds is 4. The molecule has 0 aromatic carbocycles. The van der Waals surface area contributed by atoms with E-state index in [2.05, 4.69) is 12.2 Å². The minimum Gasteiger partial charge on any atom is -0.350 e. The molecule has 2 rings (SSSR count). The van der Waals surface area contributed by atoms with E-state index in [-0.39, 0.29) is 17.4 Å². The molecule has 2 atom stereocenters. The van der Waals surface area contributed by atoms with E-state index in [9.17, 15) is 4.79 Å². The maximum Gasteiger partial charge on any atom is 0.223 e. The first-order valence-electron chi connectivity index (χ1n) is 6.73. The Balaban J connectivity index is 1.92. The average Bonchev–Trinajstić information content (AvgIpc) is 2.71.